The number of ether oxygens (including phenoxy) is 4. The molecule has 5 aromatic carbocycles. The maximum Gasteiger partial charge on any atom is 0.328 e. The molecule has 2 amide bonds. The minimum absolute atomic E-state index is 0.0473. The van der Waals surface area contributed by atoms with Gasteiger partial charge in [0.25, 0.3) is 10.0 Å². The lowest BCUT2D eigenvalue weighted by Gasteiger charge is -2.36. The number of hydrogen-bond acceptors (Lipinski definition) is 12. The second-order valence-electron chi connectivity index (χ2n) is 16.2. The number of sulfonamides is 1. The Morgan fingerprint density at radius 2 is 1.62 bits per heavy atom. The van der Waals surface area contributed by atoms with Crippen LogP contribution in [-0.4, -0.2) is 67.8 Å². The molecule has 14 nitrogen and oxygen atoms in total. The molecule has 0 unspecified atom stereocenters. The maximum absolute atomic E-state index is 14.9. The van der Waals surface area contributed by atoms with Gasteiger partial charge >= 0.3 is 5.97 Å². The molecule has 0 aliphatic carbocycles. The molecule has 6 aromatic rings. The number of nitrogens with one attached hydrogen (secondary N) is 1. The van der Waals surface area contributed by atoms with E-state index in [1.165, 1.54) is 18.9 Å². The predicted octanol–water partition coefficient (Wildman–Crippen LogP) is 8.78. The van der Waals surface area contributed by atoms with Crippen molar-refractivity contribution >= 4 is 67.5 Å². The van der Waals surface area contributed by atoms with E-state index in [4.69, 9.17) is 42.1 Å². The zero-order chi connectivity index (χ0) is 48.3. The summed E-state index contributed by atoms with van der Waals surface area (Å²) in [5.41, 5.74) is 6.12. The van der Waals surface area contributed by atoms with Crippen molar-refractivity contribution in [3.8, 4) is 34.4 Å². The van der Waals surface area contributed by atoms with E-state index in [1.54, 1.807) is 50.2 Å². The summed E-state index contributed by atoms with van der Waals surface area (Å²) in [5, 5.41) is 13.1. The van der Waals surface area contributed by atoms with Crippen LogP contribution in [0.25, 0.3) is 11.1 Å². The molecule has 0 bridgehead atoms. The van der Waals surface area contributed by atoms with Gasteiger partial charge in [0.1, 0.15) is 31.0 Å². The molecule has 3 atom stereocenters. The first kappa shape index (κ1) is 48.0. The molecule has 1 N–H and O–H groups in total. The maximum atomic E-state index is 14.9. The lowest BCUT2D eigenvalue weighted by atomic mass is 9.93. The number of benzene rings is 5. The average molecular weight is 995 g/mol. The highest BCUT2D eigenvalue weighted by molar-refractivity contribution is 7.91. The summed E-state index contributed by atoms with van der Waals surface area (Å²) in [6, 6.07) is 30.4. The Kier molecular flexibility index (Phi) is 14.4. The van der Waals surface area contributed by atoms with Crippen LogP contribution >= 0.6 is 34.5 Å². The molecule has 0 spiro atoms. The molecule has 8 rings (SSSR count). The van der Waals surface area contributed by atoms with E-state index in [9.17, 15) is 28.1 Å². The molecule has 2 aliphatic rings. The Morgan fingerprint density at radius 3 is 2.26 bits per heavy atom. The highest BCUT2D eigenvalue weighted by Crippen LogP contribution is 2.43. The van der Waals surface area contributed by atoms with Crippen LogP contribution in [0.4, 0.5) is 5.13 Å². The Morgan fingerprint density at radius 1 is 0.941 bits per heavy atom. The number of methoxy groups -OCH3 is 1. The van der Waals surface area contributed by atoms with Crippen molar-refractivity contribution in [2.24, 2.45) is 0 Å². The molecule has 2 aliphatic heterocycles. The minimum Gasteiger partial charge on any atom is -0.489 e. The van der Waals surface area contributed by atoms with Crippen LogP contribution in [0.2, 0.25) is 10.0 Å². The summed E-state index contributed by atoms with van der Waals surface area (Å²) < 4.78 is 54.6. The first-order chi connectivity index (χ1) is 32.6. The van der Waals surface area contributed by atoms with Crippen LogP contribution in [0.3, 0.4) is 0 Å². The number of aromatic nitrogens is 1. The van der Waals surface area contributed by atoms with Gasteiger partial charge in [0.15, 0.2) is 26.9 Å². The van der Waals surface area contributed by atoms with Gasteiger partial charge in [-0.25, -0.2) is 18.2 Å². The number of amides is 2. The number of esters is 1. The predicted molar refractivity (Wildman–Crippen MR) is 258 cm³/mol. The van der Waals surface area contributed by atoms with E-state index in [-0.39, 0.29) is 60.1 Å². The normalized spacial score (nSPS) is 15.9. The number of aryl methyl sites for hydroxylation is 1. The standard InChI is InChI=1S/C50H45Cl2N5O9S2/c1-5-56(30(3)58)50-54-29(2)49(67-50)68(61,62)57-26-38-24-45-44(65-28-46(66-45)36-15-17-39(18-16-36)64-27-33-10-19-40(51)41(52)20-33)23-37(38)22-43(57)47(59)55-42(48(60)63-4)21-31-6-11-34(12-7-31)35-13-8-32(25-53)9-14-35/h6-20,23-24,42-43,46H,5,21-22,26-28H2,1-4H3,(H,55,59)/t42-,43-,46-/m0/s1. The first-order valence-electron chi connectivity index (χ1n) is 21.5. The quantitative estimate of drug-likeness (QED) is 0.103. The van der Waals surface area contributed by atoms with Crippen molar-refractivity contribution in [1.82, 2.24) is 14.6 Å². The monoisotopic (exact) mass is 993 g/mol. The Balaban J connectivity index is 1.05. The number of halogens is 2. The number of thiazole rings is 1. The summed E-state index contributed by atoms with van der Waals surface area (Å²) in [4.78, 5) is 46.2. The summed E-state index contributed by atoms with van der Waals surface area (Å²) in [7, 11) is -3.26. The second kappa shape index (κ2) is 20.4. The van der Waals surface area contributed by atoms with E-state index in [0.717, 1.165) is 37.9 Å². The third-order valence-electron chi connectivity index (χ3n) is 11.7. The van der Waals surface area contributed by atoms with Gasteiger partial charge in [0.2, 0.25) is 11.8 Å². The smallest absolute Gasteiger partial charge is 0.328 e. The molecule has 1 aromatic heterocycles. The third kappa shape index (κ3) is 10.3. The van der Waals surface area contributed by atoms with Gasteiger partial charge in [-0.2, -0.15) is 9.57 Å². The third-order valence-corrected chi connectivity index (χ3v) is 16.1. The average Bonchev–Trinajstić information content (AvgIpc) is 3.74. The van der Waals surface area contributed by atoms with Gasteiger partial charge in [-0.3, -0.25) is 14.5 Å². The fraction of sp³-hybridized carbons (Fsp3) is 0.260. The molecule has 0 fully saturated rings. The van der Waals surface area contributed by atoms with E-state index < -0.39 is 40.1 Å². The van der Waals surface area contributed by atoms with Crippen molar-refractivity contribution in [2.75, 3.05) is 25.2 Å². The lowest BCUT2D eigenvalue weighted by Crippen LogP contribution is -2.56. The molecule has 3 heterocycles. The number of rotatable bonds is 14. The van der Waals surface area contributed by atoms with Gasteiger partial charge in [0, 0.05) is 26.4 Å². The van der Waals surface area contributed by atoms with Crippen molar-refractivity contribution in [1.29, 1.82) is 5.26 Å². The van der Waals surface area contributed by atoms with Gasteiger partial charge in [-0.15, -0.1) is 0 Å². The second-order valence-corrected chi connectivity index (χ2v) is 20.0. The fourth-order valence-corrected chi connectivity index (χ4v) is 11.7. The molecule has 18 heteroatoms. The molecule has 350 valence electrons. The van der Waals surface area contributed by atoms with E-state index >= 15 is 0 Å². The lowest BCUT2D eigenvalue weighted by molar-refractivity contribution is -0.145. The highest BCUT2D eigenvalue weighted by atomic mass is 35.5. The minimum atomic E-state index is -4.48. The summed E-state index contributed by atoms with van der Waals surface area (Å²) in [6.45, 7) is 5.18. The van der Waals surface area contributed by atoms with E-state index in [0.29, 0.717) is 49.5 Å². The van der Waals surface area contributed by atoms with Crippen molar-refractivity contribution in [2.45, 2.75) is 69.2 Å². The SMILES string of the molecule is CCN(C(C)=O)c1nc(C)c(S(=O)(=O)N2Cc3cc4c(cc3C[C@H]2C(=O)N[C@@H](Cc2ccc(-c3ccc(C#N)cc3)cc2)C(=O)OC)OC[C@@H](c2ccc(OCc3ccc(Cl)c(Cl)c3)cc2)O4)s1. The number of carbonyl (C=O) groups excluding carboxylic acids is 3. The number of anilines is 1. The number of hydrogen-bond donors (Lipinski definition) is 1. The Hall–Kier alpha value is -6.48. The Bertz CT molecular complexity index is 3030. The molecule has 0 radical (unpaired) electrons. The zero-order valence-electron chi connectivity index (χ0n) is 37.3. The van der Waals surface area contributed by atoms with Crippen molar-refractivity contribution in [3.05, 3.63) is 152 Å². The number of fused-ring (bicyclic) bond motifs is 2. The van der Waals surface area contributed by atoms with Crippen LogP contribution in [0.15, 0.2) is 107 Å². The van der Waals surface area contributed by atoms with Crippen LogP contribution in [0.5, 0.6) is 17.2 Å². The van der Waals surface area contributed by atoms with Crippen LogP contribution in [-0.2, 0) is 55.1 Å². The van der Waals surface area contributed by atoms with Crippen molar-refractivity contribution in [3.63, 3.8) is 0 Å². The van der Waals surface area contributed by atoms with Crippen LogP contribution in [0.1, 0.15) is 59.0 Å². The molecule has 0 saturated carbocycles. The number of carbonyl (C=O) groups is 3. The number of nitrogens with zero attached hydrogens (tertiary/aromatic N) is 4. The highest BCUT2D eigenvalue weighted by Gasteiger charge is 2.43. The van der Waals surface area contributed by atoms with Gasteiger partial charge in [0.05, 0.1) is 34.5 Å². The van der Waals surface area contributed by atoms with Gasteiger partial charge in [-0.1, -0.05) is 89.1 Å². The van der Waals surface area contributed by atoms with Crippen molar-refractivity contribution < 1.29 is 41.7 Å². The fourth-order valence-electron chi connectivity index (χ4n) is 8.07. The molecular formula is C50H45Cl2N5O9S2. The van der Waals surface area contributed by atoms with Gasteiger partial charge < -0.3 is 24.3 Å². The van der Waals surface area contributed by atoms with E-state index in [1.807, 2.05) is 66.7 Å². The summed E-state index contributed by atoms with van der Waals surface area (Å²) in [5.74, 6) is -0.281. The number of nitriles is 1. The van der Waals surface area contributed by atoms with E-state index in [2.05, 4.69) is 16.4 Å². The van der Waals surface area contributed by atoms with Crippen LogP contribution in [0, 0.1) is 18.3 Å². The summed E-state index contributed by atoms with van der Waals surface area (Å²) >= 11 is 13.1. The summed E-state index contributed by atoms with van der Waals surface area (Å²) in [6.07, 6.45) is -0.530. The molecule has 68 heavy (non-hydrogen) atoms. The topological polar surface area (TPSA) is 177 Å². The largest absolute Gasteiger partial charge is 0.489 e. The van der Waals surface area contributed by atoms with Gasteiger partial charge in [-0.05, 0) is 108 Å². The van der Waals surface area contributed by atoms with Crippen LogP contribution < -0.4 is 24.4 Å². The first-order valence-corrected chi connectivity index (χ1v) is 24.5. The molecule has 0 saturated heterocycles. The zero-order valence-corrected chi connectivity index (χ0v) is 40.5. The molecular weight excluding hydrogens is 950 g/mol. The Labute approximate surface area is 408 Å².